The zero-order valence-electron chi connectivity index (χ0n) is 10.7. The lowest BCUT2D eigenvalue weighted by atomic mass is 10.2. The van der Waals surface area contributed by atoms with Gasteiger partial charge < -0.3 is 10.4 Å². The Balaban J connectivity index is 2.08. The highest BCUT2D eigenvalue weighted by Crippen LogP contribution is 2.27. The van der Waals surface area contributed by atoms with E-state index in [9.17, 15) is 14.0 Å². The first-order valence-corrected chi connectivity index (χ1v) is 7.87. The van der Waals surface area contributed by atoms with Gasteiger partial charge in [0.1, 0.15) is 11.1 Å². The molecule has 1 aliphatic heterocycles. The maximum absolute atomic E-state index is 13.8. The van der Waals surface area contributed by atoms with Crippen LogP contribution in [0.25, 0.3) is 0 Å². The summed E-state index contributed by atoms with van der Waals surface area (Å²) in [6, 6.07) is 2.93. The topological polar surface area (TPSA) is 91.1 Å². The second kappa shape index (κ2) is 7.21. The number of carbonyl (C=O) groups excluding carboxylic acids is 1. The van der Waals surface area contributed by atoms with Crippen LogP contribution in [0.4, 0.5) is 4.39 Å². The molecule has 1 aromatic rings. The van der Waals surface area contributed by atoms with E-state index >= 15 is 0 Å². The molecular weight excluding hydrogens is 401 g/mol. The van der Waals surface area contributed by atoms with Crippen molar-refractivity contribution in [3.8, 4) is 0 Å². The third kappa shape index (κ3) is 4.05. The molecule has 0 radical (unpaired) electrons. The Bertz CT molecular complexity index is 698. The number of aliphatic carboxylic acids is 1. The van der Waals surface area contributed by atoms with Crippen LogP contribution in [-0.4, -0.2) is 33.6 Å². The van der Waals surface area contributed by atoms with E-state index in [-0.39, 0.29) is 26.6 Å². The molecule has 6 nitrogen and oxygen atoms in total. The molecule has 0 aromatic heterocycles. The lowest BCUT2D eigenvalue weighted by molar-refractivity contribution is -0.138. The molecule has 1 atom stereocenters. The highest BCUT2D eigenvalue weighted by Gasteiger charge is 2.32. The molecule has 2 N–H and O–H groups in total. The number of amides is 1. The number of carboxylic acid groups (broad SMARTS) is 1. The summed E-state index contributed by atoms with van der Waals surface area (Å²) in [7, 11) is 0. The number of thioether (sulfide) groups is 1. The lowest BCUT2D eigenvalue weighted by Crippen LogP contribution is -2.26. The summed E-state index contributed by atoms with van der Waals surface area (Å²) in [6.45, 7) is 0. The maximum atomic E-state index is 13.8. The Hall–Kier alpha value is -1.45. The van der Waals surface area contributed by atoms with Gasteiger partial charge in [0, 0.05) is 5.56 Å². The highest BCUT2D eigenvalue weighted by molar-refractivity contribution is 9.10. The van der Waals surface area contributed by atoms with E-state index < -0.39 is 22.9 Å². The third-order valence-corrected chi connectivity index (χ3v) is 4.94. The van der Waals surface area contributed by atoms with Crippen molar-refractivity contribution in [2.24, 2.45) is 10.2 Å². The highest BCUT2D eigenvalue weighted by atomic mass is 79.9. The Morgan fingerprint density at radius 1 is 1.59 bits per heavy atom. The minimum Gasteiger partial charge on any atom is -0.481 e. The zero-order valence-corrected chi connectivity index (χ0v) is 13.9. The number of carboxylic acids is 1. The van der Waals surface area contributed by atoms with Crippen LogP contribution in [0.3, 0.4) is 0 Å². The van der Waals surface area contributed by atoms with Crippen molar-refractivity contribution in [3.05, 3.63) is 33.0 Å². The van der Waals surface area contributed by atoms with Crippen molar-refractivity contribution in [2.75, 3.05) is 0 Å². The number of nitrogens with one attached hydrogen (secondary N) is 1. The minimum absolute atomic E-state index is 0.121. The Kier molecular flexibility index (Phi) is 5.54. The van der Waals surface area contributed by atoms with Crippen LogP contribution in [0.5, 0.6) is 0 Å². The molecule has 22 heavy (non-hydrogen) atoms. The maximum Gasteiger partial charge on any atom is 0.305 e. The normalized spacial score (nSPS) is 19.9. The smallest absolute Gasteiger partial charge is 0.305 e. The summed E-state index contributed by atoms with van der Waals surface area (Å²) in [6.07, 6.45) is 0.860. The summed E-state index contributed by atoms with van der Waals surface area (Å²) in [5, 5.41) is 18.1. The van der Waals surface area contributed by atoms with E-state index in [4.69, 9.17) is 16.7 Å². The van der Waals surface area contributed by atoms with Gasteiger partial charge in [-0.25, -0.2) is 4.39 Å². The Labute approximate surface area is 142 Å². The standard InChI is InChI=1S/C12H8BrClFN3O3S/c13-9-6(14)2-1-5(10(9)15)4-16-18-12-17-11(21)7(22-12)3-8(19)20/h1-2,4,7H,3H2,(H,19,20)(H,17,18,21). The van der Waals surface area contributed by atoms with Gasteiger partial charge in [0.15, 0.2) is 5.17 Å². The summed E-state index contributed by atoms with van der Waals surface area (Å²) >= 11 is 9.71. The first-order chi connectivity index (χ1) is 10.4. The van der Waals surface area contributed by atoms with Gasteiger partial charge in [-0.05, 0) is 28.1 Å². The average molecular weight is 409 g/mol. The van der Waals surface area contributed by atoms with E-state index in [1.165, 1.54) is 18.3 Å². The van der Waals surface area contributed by atoms with E-state index in [2.05, 4.69) is 31.4 Å². The molecule has 1 heterocycles. The number of hydrogen-bond donors (Lipinski definition) is 2. The third-order valence-electron chi connectivity index (χ3n) is 2.55. The van der Waals surface area contributed by atoms with Crippen LogP contribution in [0.15, 0.2) is 26.8 Å². The molecule has 1 saturated heterocycles. The monoisotopic (exact) mass is 407 g/mol. The van der Waals surface area contributed by atoms with Crippen molar-refractivity contribution in [3.63, 3.8) is 0 Å². The Morgan fingerprint density at radius 3 is 3.00 bits per heavy atom. The quantitative estimate of drug-likeness (QED) is 0.455. The SMILES string of the molecule is O=C(O)CC1SC(=NN=Cc2ccc(Cl)c(Br)c2F)NC1=O. The van der Waals surface area contributed by atoms with E-state index in [1.807, 2.05) is 0 Å². The van der Waals surface area contributed by atoms with Crippen LogP contribution in [0.1, 0.15) is 12.0 Å². The number of hydrogen-bond acceptors (Lipinski definition) is 5. The van der Waals surface area contributed by atoms with Crippen molar-refractivity contribution in [1.29, 1.82) is 0 Å². The number of rotatable bonds is 4. The molecule has 0 saturated carbocycles. The van der Waals surface area contributed by atoms with Gasteiger partial charge in [-0.1, -0.05) is 23.4 Å². The van der Waals surface area contributed by atoms with E-state index in [1.54, 1.807) is 0 Å². The van der Waals surface area contributed by atoms with Gasteiger partial charge in [-0.2, -0.15) is 5.10 Å². The first kappa shape index (κ1) is 16.9. The zero-order chi connectivity index (χ0) is 16.3. The van der Waals surface area contributed by atoms with Crippen molar-refractivity contribution < 1.29 is 19.1 Å². The summed E-state index contributed by atoms with van der Waals surface area (Å²) in [4.78, 5) is 22.1. The van der Waals surface area contributed by atoms with Crippen LogP contribution in [0.2, 0.25) is 5.02 Å². The molecule has 0 spiro atoms. The van der Waals surface area contributed by atoms with E-state index in [0.717, 1.165) is 11.8 Å². The van der Waals surface area contributed by atoms with Crippen LogP contribution in [-0.2, 0) is 9.59 Å². The predicted molar refractivity (Wildman–Crippen MR) is 85.9 cm³/mol. The van der Waals surface area contributed by atoms with E-state index in [0.29, 0.717) is 0 Å². The molecule has 1 aromatic carbocycles. The molecule has 0 bridgehead atoms. The minimum atomic E-state index is -1.08. The Morgan fingerprint density at radius 2 is 2.32 bits per heavy atom. The molecule has 0 aliphatic carbocycles. The fourth-order valence-electron chi connectivity index (χ4n) is 1.53. The van der Waals surface area contributed by atoms with Gasteiger partial charge in [0.05, 0.1) is 22.1 Å². The van der Waals surface area contributed by atoms with Crippen LogP contribution in [0, 0.1) is 5.82 Å². The molecule has 1 aliphatic rings. The largest absolute Gasteiger partial charge is 0.481 e. The van der Waals surface area contributed by atoms with Gasteiger partial charge in [-0.15, -0.1) is 5.10 Å². The van der Waals surface area contributed by atoms with Crippen molar-refractivity contribution >= 4 is 62.6 Å². The predicted octanol–water partition coefficient (Wildman–Crippen LogP) is 2.64. The van der Waals surface area contributed by atoms with Crippen LogP contribution < -0.4 is 5.32 Å². The summed E-state index contributed by atoms with van der Waals surface area (Å²) in [5.74, 6) is -2.10. The lowest BCUT2D eigenvalue weighted by Gasteiger charge is -2.00. The van der Waals surface area contributed by atoms with Gasteiger partial charge in [0.2, 0.25) is 5.91 Å². The second-order valence-corrected chi connectivity index (χ2v) is 6.50. The van der Waals surface area contributed by atoms with Crippen LogP contribution >= 0.6 is 39.3 Å². The molecule has 116 valence electrons. The fraction of sp³-hybridized carbons (Fsp3) is 0.167. The van der Waals surface area contributed by atoms with Gasteiger partial charge in [0.25, 0.3) is 0 Å². The molecule has 10 heteroatoms. The second-order valence-electron chi connectivity index (χ2n) is 4.11. The number of carbonyl (C=O) groups is 2. The molecule has 1 fully saturated rings. The fourth-order valence-corrected chi connectivity index (χ4v) is 2.95. The number of halogens is 3. The average Bonchev–Trinajstić information content (AvgIpc) is 2.78. The number of benzene rings is 1. The first-order valence-electron chi connectivity index (χ1n) is 5.82. The van der Waals surface area contributed by atoms with Crippen molar-refractivity contribution in [1.82, 2.24) is 5.32 Å². The van der Waals surface area contributed by atoms with Gasteiger partial charge in [-0.3, -0.25) is 9.59 Å². The molecule has 1 unspecified atom stereocenters. The van der Waals surface area contributed by atoms with Crippen molar-refractivity contribution in [2.45, 2.75) is 11.7 Å². The number of amidine groups is 1. The van der Waals surface area contributed by atoms with Gasteiger partial charge >= 0.3 is 5.97 Å². The summed E-state index contributed by atoms with van der Waals surface area (Å²) < 4.78 is 13.9. The molecule has 2 rings (SSSR count). The molecular formula is C12H8BrClFN3O3S. The molecule has 1 amide bonds. The summed E-state index contributed by atoms with van der Waals surface area (Å²) in [5.41, 5.74) is 0.164. The number of nitrogens with zero attached hydrogens (tertiary/aromatic N) is 2.